The molecule has 0 aromatic carbocycles. The summed E-state index contributed by atoms with van der Waals surface area (Å²) in [7, 11) is 0. The summed E-state index contributed by atoms with van der Waals surface area (Å²) in [6.45, 7) is 2.77. The number of rotatable bonds is 3. The molecule has 1 aromatic heterocycles. The zero-order valence-corrected chi connectivity index (χ0v) is 9.80. The number of aromatic nitrogens is 1. The lowest BCUT2D eigenvalue weighted by atomic mass is 9.86. The maximum atomic E-state index is 10.4. The predicted octanol–water partition coefficient (Wildman–Crippen LogP) is 2.01. The lowest BCUT2D eigenvalue weighted by Crippen LogP contribution is -2.42. The highest BCUT2D eigenvalue weighted by Gasteiger charge is 2.34. The molecule has 2 rings (SSSR count). The molecule has 1 aliphatic heterocycles. The molecule has 15 heavy (non-hydrogen) atoms. The van der Waals surface area contributed by atoms with Gasteiger partial charge in [0.25, 0.3) is 0 Å². The van der Waals surface area contributed by atoms with Gasteiger partial charge >= 0.3 is 0 Å². The standard InChI is InChI=1S/C11H17NO2S/c1-2-9-5-11(13,3-4-14-9)6-10-7-12-8-15-10/h7-9,13H,2-6H2,1H3. The van der Waals surface area contributed by atoms with E-state index >= 15 is 0 Å². The van der Waals surface area contributed by atoms with Gasteiger partial charge in [0, 0.05) is 30.5 Å². The van der Waals surface area contributed by atoms with E-state index < -0.39 is 5.60 Å². The average Bonchev–Trinajstić information content (AvgIpc) is 2.69. The summed E-state index contributed by atoms with van der Waals surface area (Å²) in [5.74, 6) is 0. The zero-order chi connectivity index (χ0) is 10.7. The number of aliphatic hydroxyl groups is 1. The normalized spacial score (nSPS) is 31.7. The van der Waals surface area contributed by atoms with E-state index in [2.05, 4.69) is 11.9 Å². The van der Waals surface area contributed by atoms with Crippen molar-refractivity contribution in [3.05, 3.63) is 16.6 Å². The molecule has 0 radical (unpaired) electrons. The van der Waals surface area contributed by atoms with Gasteiger partial charge in [0.2, 0.25) is 0 Å². The number of hydrogen-bond acceptors (Lipinski definition) is 4. The van der Waals surface area contributed by atoms with E-state index in [1.54, 1.807) is 11.3 Å². The molecule has 0 amide bonds. The molecule has 0 saturated carbocycles. The molecule has 0 aliphatic carbocycles. The van der Waals surface area contributed by atoms with Crippen molar-refractivity contribution in [2.75, 3.05) is 6.61 Å². The quantitative estimate of drug-likeness (QED) is 0.859. The topological polar surface area (TPSA) is 42.4 Å². The monoisotopic (exact) mass is 227 g/mol. The average molecular weight is 227 g/mol. The van der Waals surface area contributed by atoms with E-state index in [9.17, 15) is 5.11 Å². The van der Waals surface area contributed by atoms with Crippen molar-refractivity contribution < 1.29 is 9.84 Å². The Balaban J connectivity index is 1.99. The zero-order valence-electron chi connectivity index (χ0n) is 8.98. The number of nitrogens with zero attached hydrogens (tertiary/aromatic N) is 1. The number of ether oxygens (including phenoxy) is 1. The first-order valence-electron chi connectivity index (χ1n) is 5.43. The van der Waals surface area contributed by atoms with Gasteiger partial charge in [-0.15, -0.1) is 11.3 Å². The molecular weight excluding hydrogens is 210 g/mol. The first-order valence-corrected chi connectivity index (χ1v) is 6.31. The Morgan fingerprint density at radius 1 is 1.73 bits per heavy atom. The molecule has 3 nitrogen and oxygen atoms in total. The SMILES string of the molecule is CCC1CC(O)(Cc2cncs2)CCO1. The molecule has 2 atom stereocenters. The molecule has 1 saturated heterocycles. The van der Waals surface area contributed by atoms with Crippen molar-refractivity contribution in [2.45, 2.75) is 44.3 Å². The van der Waals surface area contributed by atoms with E-state index in [0.717, 1.165) is 30.6 Å². The third kappa shape index (κ3) is 2.77. The second-order valence-corrected chi connectivity index (χ2v) is 5.19. The molecule has 0 bridgehead atoms. The minimum atomic E-state index is -0.578. The third-order valence-corrected chi connectivity index (χ3v) is 3.75. The first kappa shape index (κ1) is 11.0. The Hall–Kier alpha value is -0.450. The third-order valence-electron chi connectivity index (χ3n) is 2.97. The van der Waals surface area contributed by atoms with Crippen LogP contribution in [0.1, 0.15) is 31.1 Å². The van der Waals surface area contributed by atoms with Gasteiger partial charge in [-0.1, -0.05) is 6.92 Å². The van der Waals surface area contributed by atoms with Gasteiger partial charge in [0.05, 0.1) is 17.2 Å². The van der Waals surface area contributed by atoms with Crippen LogP contribution in [0.2, 0.25) is 0 Å². The van der Waals surface area contributed by atoms with E-state index in [4.69, 9.17) is 4.74 Å². The lowest BCUT2D eigenvalue weighted by molar-refractivity contribution is -0.103. The number of thiazole rings is 1. The summed E-state index contributed by atoms with van der Waals surface area (Å²) in [5, 5.41) is 10.4. The van der Waals surface area contributed by atoms with Crippen LogP contribution in [0.25, 0.3) is 0 Å². The summed E-state index contributed by atoms with van der Waals surface area (Å²) >= 11 is 1.61. The second-order valence-electron chi connectivity index (χ2n) is 4.22. The minimum Gasteiger partial charge on any atom is -0.389 e. The van der Waals surface area contributed by atoms with Crippen molar-refractivity contribution in [3.8, 4) is 0 Å². The highest BCUT2D eigenvalue weighted by molar-refractivity contribution is 7.09. The van der Waals surface area contributed by atoms with Crippen LogP contribution in [0.3, 0.4) is 0 Å². The van der Waals surface area contributed by atoms with Crippen molar-refractivity contribution in [3.63, 3.8) is 0 Å². The maximum Gasteiger partial charge on any atom is 0.0794 e. The smallest absolute Gasteiger partial charge is 0.0794 e. The van der Waals surface area contributed by atoms with Gasteiger partial charge in [0.15, 0.2) is 0 Å². The molecule has 1 aromatic rings. The summed E-state index contributed by atoms with van der Waals surface area (Å²) < 4.78 is 5.57. The van der Waals surface area contributed by atoms with Crippen molar-refractivity contribution >= 4 is 11.3 Å². The van der Waals surface area contributed by atoms with Crippen molar-refractivity contribution in [2.24, 2.45) is 0 Å². The summed E-state index contributed by atoms with van der Waals surface area (Å²) in [4.78, 5) is 5.20. The van der Waals surface area contributed by atoms with E-state index in [1.165, 1.54) is 0 Å². The predicted molar refractivity (Wildman–Crippen MR) is 60.0 cm³/mol. The molecule has 1 aliphatic rings. The van der Waals surface area contributed by atoms with E-state index in [0.29, 0.717) is 6.61 Å². The highest BCUT2D eigenvalue weighted by atomic mass is 32.1. The second kappa shape index (κ2) is 4.60. The van der Waals surface area contributed by atoms with Crippen LogP contribution >= 0.6 is 11.3 Å². The van der Waals surface area contributed by atoms with Gasteiger partial charge in [-0.05, 0) is 12.8 Å². The van der Waals surface area contributed by atoms with Crippen LogP contribution in [0.5, 0.6) is 0 Å². The van der Waals surface area contributed by atoms with Crippen molar-refractivity contribution in [1.82, 2.24) is 4.98 Å². The number of hydrogen-bond donors (Lipinski definition) is 1. The molecule has 1 N–H and O–H groups in total. The van der Waals surface area contributed by atoms with Gasteiger partial charge in [0.1, 0.15) is 0 Å². The van der Waals surface area contributed by atoms with Gasteiger partial charge in [-0.2, -0.15) is 0 Å². The largest absolute Gasteiger partial charge is 0.389 e. The Morgan fingerprint density at radius 2 is 2.60 bits per heavy atom. The van der Waals surface area contributed by atoms with E-state index in [1.807, 2.05) is 11.7 Å². The van der Waals surface area contributed by atoms with Gasteiger partial charge in [-0.25, -0.2) is 0 Å². The lowest BCUT2D eigenvalue weighted by Gasteiger charge is -2.36. The fourth-order valence-electron chi connectivity index (χ4n) is 2.08. The van der Waals surface area contributed by atoms with Crippen LogP contribution < -0.4 is 0 Å². The van der Waals surface area contributed by atoms with Crippen LogP contribution in [0.15, 0.2) is 11.7 Å². The molecule has 2 unspecified atom stereocenters. The fraction of sp³-hybridized carbons (Fsp3) is 0.727. The molecule has 4 heteroatoms. The summed E-state index contributed by atoms with van der Waals surface area (Å²) in [6.07, 6.45) is 5.25. The Morgan fingerprint density at radius 3 is 3.27 bits per heavy atom. The first-order chi connectivity index (χ1) is 7.22. The molecule has 0 spiro atoms. The Labute approximate surface area is 94.1 Å². The Bertz CT molecular complexity index is 302. The maximum absolute atomic E-state index is 10.4. The van der Waals surface area contributed by atoms with Gasteiger partial charge in [-0.3, -0.25) is 4.98 Å². The van der Waals surface area contributed by atoms with Crippen LogP contribution in [-0.2, 0) is 11.2 Å². The summed E-state index contributed by atoms with van der Waals surface area (Å²) in [5.41, 5.74) is 1.24. The Kier molecular flexibility index (Phi) is 3.38. The van der Waals surface area contributed by atoms with Crippen LogP contribution in [0, 0.1) is 0 Å². The molecule has 84 valence electrons. The molecule has 1 fully saturated rings. The van der Waals surface area contributed by atoms with Crippen LogP contribution in [0.4, 0.5) is 0 Å². The van der Waals surface area contributed by atoms with E-state index in [-0.39, 0.29) is 6.10 Å². The highest BCUT2D eigenvalue weighted by Crippen LogP contribution is 2.30. The molecular formula is C11H17NO2S. The minimum absolute atomic E-state index is 0.219. The molecule has 2 heterocycles. The van der Waals surface area contributed by atoms with Crippen LogP contribution in [-0.4, -0.2) is 28.4 Å². The van der Waals surface area contributed by atoms with Crippen molar-refractivity contribution in [1.29, 1.82) is 0 Å². The summed E-state index contributed by atoms with van der Waals surface area (Å²) in [6, 6.07) is 0. The van der Waals surface area contributed by atoms with Gasteiger partial charge < -0.3 is 9.84 Å². The fourth-order valence-corrected chi connectivity index (χ4v) is 2.81.